The number of benzene rings is 2. The number of nitrogen functional groups attached to an aromatic ring is 1. The van der Waals surface area contributed by atoms with Crippen LogP contribution >= 0.6 is 0 Å². The van der Waals surface area contributed by atoms with Gasteiger partial charge in [0.25, 0.3) is 5.91 Å². The highest BCUT2D eigenvalue weighted by Gasteiger charge is 2.07. The zero-order chi connectivity index (χ0) is 16.1. The summed E-state index contributed by atoms with van der Waals surface area (Å²) in [6.07, 6.45) is 0.871. The van der Waals surface area contributed by atoms with Crippen LogP contribution in [0.3, 0.4) is 0 Å². The van der Waals surface area contributed by atoms with Gasteiger partial charge in [-0.2, -0.15) is 0 Å². The molecule has 2 aromatic rings. The lowest BCUT2D eigenvalue weighted by atomic mass is 10.1. The van der Waals surface area contributed by atoms with E-state index in [4.69, 9.17) is 10.5 Å². The quantitative estimate of drug-likeness (QED) is 0.831. The molecule has 1 amide bonds. The van der Waals surface area contributed by atoms with Gasteiger partial charge in [-0.3, -0.25) is 4.79 Å². The Balaban J connectivity index is 1.96. The van der Waals surface area contributed by atoms with Crippen LogP contribution in [-0.4, -0.2) is 12.5 Å². The molecule has 2 aromatic carbocycles. The maximum Gasteiger partial charge on any atom is 0.262 e. The largest absolute Gasteiger partial charge is 0.483 e. The number of nitrogens with one attached hydrogen (secondary N) is 1. The SMILES string of the molecule is CCc1ccc(NC(=O)COc2cccc(C)c2C)cc1N. The van der Waals surface area contributed by atoms with Crippen molar-refractivity contribution < 1.29 is 9.53 Å². The molecule has 0 atom stereocenters. The molecule has 4 heteroatoms. The van der Waals surface area contributed by atoms with Gasteiger partial charge in [-0.15, -0.1) is 0 Å². The maximum absolute atomic E-state index is 12.0. The van der Waals surface area contributed by atoms with Crippen LogP contribution in [-0.2, 0) is 11.2 Å². The third-order valence-corrected chi connectivity index (χ3v) is 3.72. The summed E-state index contributed by atoms with van der Waals surface area (Å²) in [5.74, 6) is 0.528. The predicted octanol–water partition coefficient (Wildman–Crippen LogP) is 3.47. The lowest BCUT2D eigenvalue weighted by Crippen LogP contribution is -2.20. The summed E-state index contributed by atoms with van der Waals surface area (Å²) in [4.78, 5) is 12.0. The normalized spacial score (nSPS) is 10.3. The van der Waals surface area contributed by atoms with Crippen molar-refractivity contribution in [3.8, 4) is 5.75 Å². The van der Waals surface area contributed by atoms with Crippen LogP contribution < -0.4 is 15.8 Å². The number of rotatable bonds is 5. The number of aryl methyl sites for hydroxylation is 2. The number of ether oxygens (including phenoxy) is 1. The van der Waals surface area contributed by atoms with Gasteiger partial charge in [0.05, 0.1) is 0 Å². The second-order valence-corrected chi connectivity index (χ2v) is 5.30. The Kier molecular flexibility index (Phi) is 5.04. The molecule has 116 valence electrons. The van der Waals surface area contributed by atoms with Crippen molar-refractivity contribution in [1.29, 1.82) is 0 Å². The van der Waals surface area contributed by atoms with Gasteiger partial charge in [0.2, 0.25) is 0 Å². The highest BCUT2D eigenvalue weighted by Crippen LogP contribution is 2.21. The van der Waals surface area contributed by atoms with E-state index in [2.05, 4.69) is 5.32 Å². The number of hydrogen-bond acceptors (Lipinski definition) is 3. The molecule has 0 spiro atoms. The highest BCUT2D eigenvalue weighted by atomic mass is 16.5. The highest BCUT2D eigenvalue weighted by molar-refractivity contribution is 5.92. The third-order valence-electron chi connectivity index (χ3n) is 3.72. The van der Waals surface area contributed by atoms with Crippen molar-refractivity contribution in [1.82, 2.24) is 0 Å². The Morgan fingerprint density at radius 1 is 1.23 bits per heavy atom. The van der Waals surface area contributed by atoms with Crippen molar-refractivity contribution in [3.63, 3.8) is 0 Å². The molecule has 0 aliphatic rings. The van der Waals surface area contributed by atoms with E-state index in [9.17, 15) is 4.79 Å². The first-order valence-electron chi connectivity index (χ1n) is 7.38. The molecule has 0 saturated heterocycles. The summed E-state index contributed by atoms with van der Waals surface area (Å²) in [6, 6.07) is 11.3. The molecule has 2 rings (SSSR count). The van der Waals surface area contributed by atoms with Gasteiger partial charge in [-0.05, 0) is 55.2 Å². The number of hydrogen-bond donors (Lipinski definition) is 2. The van der Waals surface area contributed by atoms with Crippen LogP contribution in [0.25, 0.3) is 0 Å². The lowest BCUT2D eigenvalue weighted by Gasteiger charge is -2.12. The van der Waals surface area contributed by atoms with Crippen LogP contribution in [0.15, 0.2) is 36.4 Å². The van der Waals surface area contributed by atoms with Crippen LogP contribution in [0.1, 0.15) is 23.6 Å². The number of anilines is 2. The van der Waals surface area contributed by atoms with Crippen LogP contribution in [0.2, 0.25) is 0 Å². The fourth-order valence-electron chi connectivity index (χ4n) is 2.22. The van der Waals surface area contributed by atoms with Gasteiger partial charge >= 0.3 is 0 Å². The summed E-state index contributed by atoms with van der Waals surface area (Å²) >= 11 is 0. The average molecular weight is 298 g/mol. The molecule has 0 aromatic heterocycles. The fourth-order valence-corrected chi connectivity index (χ4v) is 2.22. The monoisotopic (exact) mass is 298 g/mol. The van der Waals surface area contributed by atoms with Gasteiger partial charge in [-0.1, -0.05) is 25.1 Å². The number of amides is 1. The molecule has 22 heavy (non-hydrogen) atoms. The minimum atomic E-state index is -0.204. The minimum absolute atomic E-state index is 0.0280. The van der Waals surface area contributed by atoms with Crippen molar-refractivity contribution in [2.24, 2.45) is 0 Å². The summed E-state index contributed by atoms with van der Waals surface area (Å²) in [6.45, 7) is 6.01. The summed E-state index contributed by atoms with van der Waals surface area (Å²) in [5, 5.41) is 2.79. The molecule has 3 N–H and O–H groups in total. The van der Waals surface area contributed by atoms with E-state index in [0.29, 0.717) is 11.4 Å². The molecule has 4 nitrogen and oxygen atoms in total. The van der Waals surface area contributed by atoms with E-state index in [-0.39, 0.29) is 12.5 Å². The lowest BCUT2D eigenvalue weighted by molar-refractivity contribution is -0.118. The molecule has 0 aliphatic carbocycles. The number of carbonyl (C=O) groups excluding carboxylic acids is 1. The predicted molar refractivity (Wildman–Crippen MR) is 90.3 cm³/mol. The molecule has 0 aliphatic heterocycles. The van der Waals surface area contributed by atoms with E-state index >= 15 is 0 Å². The summed E-state index contributed by atoms with van der Waals surface area (Å²) in [5.41, 5.74) is 10.6. The molecule has 0 fully saturated rings. The molecule has 0 unspecified atom stereocenters. The van der Waals surface area contributed by atoms with Gasteiger partial charge in [0, 0.05) is 11.4 Å². The first-order chi connectivity index (χ1) is 10.5. The second-order valence-electron chi connectivity index (χ2n) is 5.30. The molecular formula is C18H22N2O2. The Bertz CT molecular complexity index is 681. The molecular weight excluding hydrogens is 276 g/mol. The van der Waals surface area contributed by atoms with Gasteiger partial charge in [0.15, 0.2) is 6.61 Å². The van der Waals surface area contributed by atoms with Crippen molar-refractivity contribution >= 4 is 17.3 Å². The van der Waals surface area contributed by atoms with Crippen molar-refractivity contribution in [2.45, 2.75) is 27.2 Å². The van der Waals surface area contributed by atoms with Crippen LogP contribution in [0.4, 0.5) is 11.4 Å². The second kappa shape index (κ2) is 6.98. The van der Waals surface area contributed by atoms with Crippen LogP contribution in [0.5, 0.6) is 5.75 Å². The van der Waals surface area contributed by atoms with Gasteiger partial charge in [-0.25, -0.2) is 0 Å². The van der Waals surface area contributed by atoms with Gasteiger partial charge < -0.3 is 15.8 Å². The Hall–Kier alpha value is -2.49. The number of nitrogens with two attached hydrogens (primary N) is 1. The smallest absolute Gasteiger partial charge is 0.262 e. The topological polar surface area (TPSA) is 64.3 Å². The first kappa shape index (κ1) is 15.9. The van der Waals surface area contributed by atoms with Crippen molar-refractivity contribution in [2.75, 3.05) is 17.7 Å². The van der Waals surface area contributed by atoms with E-state index in [1.54, 1.807) is 6.07 Å². The third kappa shape index (κ3) is 3.79. The summed E-state index contributed by atoms with van der Waals surface area (Å²) in [7, 11) is 0. The van der Waals surface area contributed by atoms with E-state index in [1.807, 2.05) is 51.1 Å². The van der Waals surface area contributed by atoms with E-state index < -0.39 is 0 Å². The average Bonchev–Trinajstić information content (AvgIpc) is 2.49. The molecule has 0 heterocycles. The minimum Gasteiger partial charge on any atom is -0.483 e. The summed E-state index contributed by atoms with van der Waals surface area (Å²) < 4.78 is 5.58. The fraction of sp³-hybridized carbons (Fsp3) is 0.278. The number of carbonyl (C=O) groups is 1. The van der Waals surface area contributed by atoms with E-state index in [1.165, 1.54) is 0 Å². The molecule has 0 radical (unpaired) electrons. The zero-order valence-corrected chi connectivity index (χ0v) is 13.3. The van der Waals surface area contributed by atoms with Crippen LogP contribution in [0, 0.1) is 13.8 Å². The van der Waals surface area contributed by atoms with Crippen molar-refractivity contribution in [3.05, 3.63) is 53.1 Å². The van der Waals surface area contributed by atoms with Gasteiger partial charge in [0.1, 0.15) is 5.75 Å². The zero-order valence-electron chi connectivity index (χ0n) is 13.3. The maximum atomic E-state index is 12.0. The Morgan fingerprint density at radius 2 is 2.00 bits per heavy atom. The Labute approximate surface area is 131 Å². The molecule has 0 saturated carbocycles. The standard InChI is InChI=1S/C18H22N2O2/c1-4-14-8-9-15(10-16(14)19)20-18(21)11-22-17-7-5-6-12(2)13(17)3/h5-10H,4,11,19H2,1-3H3,(H,20,21). The van der Waals surface area contributed by atoms with E-state index in [0.717, 1.165) is 28.9 Å². The first-order valence-corrected chi connectivity index (χ1v) is 7.38. The Morgan fingerprint density at radius 3 is 2.68 bits per heavy atom. The molecule has 0 bridgehead atoms.